The molecular formula is C33H30Cl2F3N7O2. The molecule has 5 rings (SSSR count). The van der Waals surface area contributed by atoms with E-state index in [2.05, 4.69) is 22.6 Å². The fourth-order valence-electron chi connectivity index (χ4n) is 6.29. The van der Waals surface area contributed by atoms with Crippen molar-refractivity contribution >= 4 is 51.5 Å². The van der Waals surface area contributed by atoms with Gasteiger partial charge in [0.2, 0.25) is 5.91 Å². The lowest BCUT2D eigenvalue weighted by molar-refractivity contribution is -0.130. The molecule has 4 aromatic rings. The number of piperazine rings is 1. The Morgan fingerprint density at radius 3 is 2.36 bits per heavy atom. The molecule has 2 N–H and O–H groups in total. The lowest BCUT2D eigenvalue weighted by atomic mass is 10.0. The summed E-state index contributed by atoms with van der Waals surface area (Å²) in [7, 11) is 0. The number of hydrogen-bond donors (Lipinski definition) is 1. The van der Waals surface area contributed by atoms with Crippen molar-refractivity contribution < 1.29 is 18.0 Å². The van der Waals surface area contributed by atoms with E-state index in [0.29, 0.717) is 16.9 Å². The third-order valence-electron chi connectivity index (χ3n) is 8.32. The minimum Gasteiger partial charge on any atom is -0.396 e. The number of amides is 1. The number of pyridine rings is 3. The first-order chi connectivity index (χ1) is 22.2. The van der Waals surface area contributed by atoms with Crippen molar-refractivity contribution in [1.82, 2.24) is 19.4 Å². The van der Waals surface area contributed by atoms with E-state index in [0.717, 1.165) is 0 Å². The Labute approximate surface area is 278 Å². The standard InChI is InChI=1S/C33H30Cl2F3N7O2/c1-7-21(46)44-16(5)12-43(13-17(44)6)31-18-10-20(34)29(22-24(36)23(35)25(37)26(38)27(22)40)42-32(18)45(33(47)19(31)11-39)30-15(4)8-9-41-28(30)14(2)3/h7-10,14,16-17H,1,12-13,40H2,2-6H3/t16-,17+. The van der Waals surface area contributed by atoms with E-state index in [-0.39, 0.29) is 64.3 Å². The number of nitrogen functional groups attached to an aromatic ring is 1. The summed E-state index contributed by atoms with van der Waals surface area (Å²) < 4.78 is 45.8. The van der Waals surface area contributed by atoms with Crippen LogP contribution in [0, 0.1) is 35.7 Å². The fourth-order valence-corrected chi connectivity index (χ4v) is 6.71. The van der Waals surface area contributed by atoms with Crippen molar-refractivity contribution in [1.29, 1.82) is 5.26 Å². The number of aromatic nitrogens is 3. The Kier molecular flexibility index (Phi) is 9.01. The molecule has 0 bridgehead atoms. The largest absolute Gasteiger partial charge is 0.396 e. The number of carbonyl (C=O) groups is 1. The molecule has 244 valence electrons. The fraction of sp³-hybridized carbons (Fsp3) is 0.303. The van der Waals surface area contributed by atoms with Crippen molar-refractivity contribution in [3.05, 3.63) is 85.7 Å². The number of anilines is 2. The van der Waals surface area contributed by atoms with Crippen molar-refractivity contribution in [2.75, 3.05) is 23.7 Å². The van der Waals surface area contributed by atoms with Gasteiger partial charge in [-0.15, -0.1) is 0 Å². The molecule has 0 aliphatic carbocycles. The van der Waals surface area contributed by atoms with Gasteiger partial charge < -0.3 is 15.5 Å². The van der Waals surface area contributed by atoms with E-state index < -0.39 is 45.0 Å². The van der Waals surface area contributed by atoms with Gasteiger partial charge >= 0.3 is 0 Å². The van der Waals surface area contributed by atoms with E-state index in [9.17, 15) is 23.6 Å². The molecule has 0 unspecified atom stereocenters. The average Bonchev–Trinajstić information content (AvgIpc) is 3.02. The molecule has 1 saturated heterocycles. The molecule has 0 radical (unpaired) electrons. The highest BCUT2D eigenvalue weighted by Gasteiger charge is 2.36. The van der Waals surface area contributed by atoms with Crippen LogP contribution in [-0.2, 0) is 4.79 Å². The molecule has 1 amide bonds. The van der Waals surface area contributed by atoms with Crippen molar-refractivity contribution in [3.8, 4) is 23.0 Å². The van der Waals surface area contributed by atoms with Gasteiger partial charge in [0, 0.05) is 36.8 Å². The monoisotopic (exact) mass is 683 g/mol. The van der Waals surface area contributed by atoms with E-state index in [1.54, 1.807) is 29.0 Å². The molecule has 2 atom stereocenters. The van der Waals surface area contributed by atoms with E-state index in [1.807, 2.05) is 27.7 Å². The van der Waals surface area contributed by atoms with Crippen LogP contribution in [0.4, 0.5) is 24.5 Å². The number of fused-ring (bicyclic) bond motifs is 1. The van der Waals surface area contributed by atoms with Crippen molar-refractivity contribution in [3.63, 3.8) is 0 Å². The van der Waals surface area contributed by atoms with E-state index >= 15 is 4.39 Å². The van der Waals surface area contributed by atoms with Gasteiger partial charge in [0.15, 0.2) is 17.5 Å². The summed E-state index contributed by atoms with van der Waals surface area (Å²) >= 11 is 12.5. The normalized spacial score (nSPS) is 16.6. The predicted molar refractivity (Wildman–Crippen MR) is 177 cm³/mol. The first-order valence-electron chi connectivity index (χ1n) is 14.6. The summed E-state index contributed by atoms with van der Waals surface area (Å²) in [5.41, 5.74) is 4.41. The maximum absolute atomic E-state index is 15.5. The highest BCUT2D eigenvalue weighted by molar-refractivity contribution is 6.34. The van der Waals surface area contributed by atoms with Crippen LogP contribution in [0.3, 0.4) is 0 Å². The van der Waals surface area contributed by atoms with Crippen LogP contribution in [0.25, 0.3) is 28.0 Å². The SMILES string of the molecule is C=CC(=O)N1[C@H](C)CN(c2c(C#N)c(=O)n(-c3c(C)ccnc3C(C)C)c3nc(-c4c(N)c(F)c(F)c(Cl)c4F)c(Cl)cc23)C[C@@H]1C. The van der Waals surface area contributed by atoms with E-state index in [4.69, 9.17) is 28.9 Å². The number of benzene rings is 1. The molecule has 14 heteroatoms. The second-order valence-corrected chi connectivity index (χ2v) is 12.6. The number of nitrogens with two attached hydrogens (primary N) is 1. The quantitative estimate of drug-likeness (QED) is 0.108. The summed E-state index contributed by atoms with van der Waals surface area (Å²) in [6, 6.07) is 4.40. The Hall–Kier alpha value is -4.60. The predicted octanol–water partition coefficient (Wildman–Crippen LogP) is 6.67. The van der Waals surface area contributed by atoms with Gasteiger partial charge in [-0.25, -0.2) is 18.2 Å². The number of nitrogens with zero attached hydrogens (tertiary/aromatic N) is 6. The molecule has 4 heterocycles. The third-order valence-corrected chi connectivity index (χ3v) is 8.94. The molecule has 3 aromatic heterocycles. The van der Waals surface area contributed by atoms with Crippen LogP contribution in [0.2, 0.25) is 10.0 Å². The second kappa shape index (κ2) is 12.5. The number of carbonyl (C=O) groups excluding carboxylic acids is 1. The molecule has 1 aliphatic heterocycles. The summed E-state index contributed by atoms with van der Waals surface area (Å²) in [6.07, 6.45) is 2.81. The summed E-state index contributed by atoms with van der Waals surface area (Å²) in [6.45, 7) is 13.2. The smallest absolute Gasteiger partial charge is 0.276 e. The Morgan fingerprint density at radius 1 is 1.15 bits per heavy atom. The average molecular weight is 685 g/mol. The molecule has 1 aromatic carbocycles. The van der Waals surface area contributed by atoms with Crippen molar-refractivity contribution in [2.24, 2.45) is 0 Å². The van der Waals surface area contributed by atoms with Gasteiger partial charge in [0.25, 0.3) is 5.56 Å². The molecule has 0 saturated carbocycles. The maximum Gasteiger partial charge on any atom is 0.276 e. The molecule has 9 nitrogen and oxygen atoms in total. The number of nitriles is 1. The Balaban J connectivity index is 1.95. The molecule has 1 fully saturated rings. The zero-order valence-corrected chi connectivity index (χ0v) is 27.6. The van der Waals surface area contributed by atoms with Gasteiger partial charge in [-0.2, -0.15) is 5.26 Å². The van der Waals surface area contributed by atoms with Crippen LogP contribution < -0.4 is 16.2 Å². The zero-order chi connectivity index (χ0) is 34.6. The molecule has 47 heavy (non-hydrogen) atoms. The molecular weight excluding hydrogens is 654 g/mol. The summed E-state index contributed by atoms with van der Waals surface area (Å²) in [5.74, 6) is -5.13. The van der Waals surface area contributed by atoms with Gasteiger partial charge in [-0.05, 0) is 50.5 Å². The first-order valence-corrected chi connectivity index (χ1v) is 15.4. The number of rotatable bonds is 5. The van der Waals surface area contributed by atoms with E-state index in [1.165, 1.54) is 16.7 Å². The van der Waals surface area contributed by atoms with Gasteiger partial charge in [0.1, 0.15) is 22.3 Å². The summed E-state index contributed by atoms with van der Waals surface area (Å²) in [4.78, 5) is 39.7. The third kappa shape index (κ3) is 5.37. The Morgan fingerprint density at radius 2 is 1.79 bits per heavy atom. The topological polar surface area (TPSA) is 121 Å². The second-order valence-electron chi connectivity index (χ2n) is 11.8. The lowest BCUT2D eigenvalue weighted by Crippen LogP contribution is -2.58. The highest BCUT2D eigenvalue weighted by atomic mass is 35.5. The zero-order valence-electron chi connectivity index (χ0n) is 26.1. The minimum absolute atomic E-state index is 0.0778. The van der Waals surface area contributed by atoms with Crippen LogP contribution in [0.5, 0.6) is 0 Å². The van der Waals surface area contributed by atoms with Crippen LogP contribution in [0.1, 0.15) is 50.4 Å². The highest BCUT2D eigenvalue weighted by Crippen LogP contribution is 2.42. The number of aryl methyl sites for hydroxylation is 1. The Bertz CT molecular complexity index is 2050. The van der Waals surface area contributed by atoms with Crippen molar-refractivity contribution in [2.45, 2.75) is 52.6 Å². The molecule has 1 aliphatic rings. The summed E-state index contributed by atoms with van der Waals surface area (Å²) in [5, 5.41) is 9.32. The number of halogens is 5. The lowest BCUT2D eigenvalue weighted by Gasteiger charge is -2.45. The van der Waals surface area contributed by atoms with Gasteiger partial charge in [-0.1, -0.05) is 43.6 Å². The minimum atomic E-state index is -1.68. The van der Waals surface area contributed by atoms with Crippen LogP contribution >= 0.6 is 23.2 Å². The maximum atomic E-state index is 15.5. The number of hydrogen-bond acceptors (Lipinski definition) is 7. The van der Waals surface area contributed by atoms with Gasteiger partial charge in [0.05, 0.1) is 39.0 Å². The molecule has 0 spiro atoms. The van der Waals surface area contributed by atoms with Crippen LogP contribution in [0.15, 0.2) is 35.8 Å². The first kappa shape index (κ1) is 33.8. The van der Waals surface area contributed by atoms with Gasteiger partial charge in [-0.3, -0.25) is 19.1 Å². The van der Waals surface area contributed by atoms with Crippen LogP contribution in [-0.4, -0.2) is 50.5 Å².